The van der Waals surface area contributed by atoms with Gasteiger partial charge in [-0.15, -0.1) is 0 Å². The molecule has 1 N–H and O–H groups in total. The van der Waals surface area contributed by atoms with Crippen molar-refractivity contribution in [1.29, 1.82) is 0 Å². The van der Waals surface area contributed by atoms with Crippen LogP contribution in [0.5, 0.6) is 5.75 Å². The lowest BCUT2D eigenvalue weighted by atomic mass is 10.1. The lowest BCUT2D eigenvalue weighted by molar-refractivity contribution is 0.0696. The highest BCUT2D eigenvalue weighted by Gasteiger charge is 2.05. The molecule has 1 heterocycles. The third kappa shape index (κ3) is 3.10. The van der Waals surface area contributed by atoms with E-state index in [1.807, 2.05) is 32.0 Å². The molecule has 4 nitrogen and oxygen atoms in total. The predicted octanol–water partition coefficient (Wildman–Crippen LogP) is 2.98. The van der Waals surface area contributed by atoms with Gasteiger partial charge < -0.3 is 9.84 Å². The number of rotatable bonds is 4. The molecule has 0 radical (unpaired) electrons. The molecule has 1 aromatic carbocycles. The maximum Gasteiger partial charge on any atom is 0.337 e. The average Bonchev–Trinajstić information content (AvgIpc) is 2.41. The minimum absolute atomic E-state index is 0.176. The maximum absolute atomic E-state index is 10.7. The Morgan fingerprint density at radius 2 is 2.05 bits per heavy atom. The van der Waals surface area contributed by atoms with Crippen molar-refractivity contribution < 1.29 is 14.6 Å². The van der Waals surface area contributed by atoms with Crippen molar-refractivity contribution in [3.63, 3.8) is 0 Å². The number of aromatic nitrogens is 1. The third-order valence-corrected chi connectivity index (χ3v) is 3.00. The van der Waals surface area contributed by atoms with E-state index in [-0.39, 0.29) is 5.56 Å². The first-order chi connectivity index (χ1) is 9.08. The van der Waals surface area contributed by atoms with E-state index in [0.29, 0.717) is 12.3 Å². The van der Waals surface area contributed by atoms with Gasteiger partial charge in [0, 0.05) is 6.20 Å². The zero-order valence-electron chi connectivity index (χ0n) is 10.9. The van der Waals surface area contributed by atoms with Gasteiger partial charge in [-0.1, -0.05) is 12.1 Å². The smallest absolute Gasteiger partial charge is 0.337 e. The summed E-state index contributed by atoms with van der Waals surface area (Å²) < 4.78 is 5.69. The van der Waals surface area contributed by atoms with Gasteiger partial charge in [0.25, 0.3) is 0 Å². The molecular weight excluding hydrogens is 242 g/mol. The molecule has 0 aliphatic carbocycles. The lowest BCUT2D eigenvalue weighted by Crippen LogP contribution is -2.02. The van der Waals surface area contributed by atoms with Crippen LogP contribution in [0.3, 0.4) is 0 Å². The summed E-state index contributed by atoms with van der Waals surface area (Å²) in [5, 5.41) is 8.78. The average molecular weight is 257 g/mol. The van der Waals surface area contributed by atoms with Crippen LogP contribution in [0.15, 0.2) is 36.5 Å². The summed E-state index contributed by atoms with van der Waals surface area (Å²) in [6.07, 6.45) is 1.34. The van der Waals surface area contributed by atoms with Crippen molar-refractivity contribution in [2.24, 2.45) is 0 Å². The van der Waals surface area contributed by atoms with Gasteiger partial charge in [-0.3, -0.25) is 4.98 Å². The van der Waals surface area contributed by atoms with Crippen LogP contribution in [0.2, 0.25) is 0 Å². The highest BCUT2D eigenvalue weighted by Crippen LogP contribution is 2.21. The first-order valence-electron chi connectivity index (χ1n) is 5.95. The molecule has 0 bridgehead atoms. The van der Waals surface area contributed by atoms with Crippen molar-refractivity contribution in [2.75, 3.05) is 0 Å². The summed E-state index contributed by atoms with van der Waals surface area (Å²) in [6.45, 7) is 4.36. The van der Waals surface area contributed by atoms with Crippen LogP contribution in [-0.2, 0) is 6.61 Å². The van der Waals surface area contributed by atoms with E-state index >= 15 is 0 Å². The molecule has 2 rings (SSSR count). The molecule has 0 saturated carbocycles. The second kappa shape index (κ2) is 5.52. The number of nitrogens with zero attached hydrogens (tertiary/aromatic N) is 1. The minimum Gasteiger partial charge on any atom is -0.487 e. The zero-order chi connectivity index (χ0) is 13.8. The van der Waals surface area contributed by atoms with Gasteiger partial charge in [0.2, 0.25) is 0 Å². The van der Waals surface area contributed by atoms with E-state index in [1.165, 1.54) is 17.8 Å². The number of pyridine rings is 1. The van der Waals surface area contributed by atoms with Crippen LogP contribution in [-0.4, -0.2) is 16.1 Å². The van der Waals surface area contributed by atoms with Gasteiger partial charge in [0.15, 0.2) is 0 Å². The van der Waals surface area contributed by atoms with Gasteiger partial charge in [0.05, 0.1) is 11.3 Å². The molecule has 0 spiro atoms. The van der Waals surface area contributed by atoms with Gasteiger partial charge in [-0.25, -0.2) is 4.79 Å². The normalized spacial score (nSPS) is 10.2. The van der Waals surface area contributed by atoms with Crippen LogP contribution < -0.4 is 4.74 Å². The van der Waals surface area contributed by atoms with Crippen LogP contribution in [0, 0.1) is 13.8 Å². The summed E-state index contributed by atoms with van der Waals surface area (Å²) >= 11 is 0. The molecule has 0 aliphatic heterocycles. The van der Waals surface area contributed by atoms with Crippen molar-refractivity contribution in [2.45, 2.75) is 20.5 Å². The number of carbonyl (C=O) groups is 1. The van der Waals surface area contributed by atoms with Gasteiger partial charge in [-0.2, -0.15) is 0 Å². The van der Waals surface area contributed by atoms with Gasteiger partial charge in [-0.05, 0) is 43.2 Å². The standard InChI is InChI=1S/C15H15NO3/c1-10-4-3-5-14(11(10)2)19-9-13-7-6-12(8-16-13)15(17)18/h3-8H,9H2,1-2H3,(H,17,18). The summed E-state index contributed by atoms with van der Waals surface area (Å²) in [5.41, 5.74) is 3.15. The fourth-order valence-corrected chi connectivity index (χ4v) is 1.67. The summed E-state index contributed by atoms with van der Waals surface area (Å²) in [7, 11) is 0. The molecule has 98 valence electrons. The Hall–Kier alpha value is -2.36. The fourth-order valence-electron chi connectivity index (χ4n) is 1.67. The predicted molar refractivity (Wildman–Crippen MR) is 71.4 cm³/mol. The molecule has 0 unspecified atom stereocenters. The number of ether oxygens (including phenoxy) is 1. The van der Waals surface area contributed by atoms with E-state index < -0.39 is 5.97 Å². The highest BCUT2D eigenvalue weighted by atomic mass is 16.5. The molecule has 2 aromatic rings. The largest absolute Gasteiger partial charge is 0.487 e. The van der Waals surface area contributed by atoms with Gasteiger partial charge in [0.1, 0.15) is 12.4 Å². The Labute approximate surface area is 111 Å². The molecule has 4 heteroatoms. The van der Waals surface area contributed by atoms with Crippen LogP contribution in [0.4, 0.5) is 0 Å². The quantitative estimate of drug-likeness (QED) is 0.914. The number of benzene rings is 1. The van der Waals surface area contributed by atoms with Crippen molar-refractivity contribution >= 4 is 5.97 Å². The zero-order valence-corrected chi connectivity index (χ0v) is 10.9. The van der Waals surface area contributed by atoms with Crippen LogP contribution >= 0.6 is 0 Å². The molecule has 0 atom stereocenters. The molecule has 0 aliphatic rings. The summed E-state index contributed by atoms with van der Waals surface area (Å²) in [4.78, 5) is 14.8. The van der Waals surface area contributed by atoms with Gasteiger partial charge >= 0.3 is 5.97 Å². The molecule has 0 fully saturated rings. The minimum atomic E-state index is -0.977. The number of aromatic carboxylic acids is 1. The van der Waals surface area contributed by atoms with Crippen molar-refractivity contribution in [3.8, 4) is 5.75 Å². The van der Waals surface area contributed by atoms with E-state index in [1.54, 1.807) is 6.07 Å². The Kier molecular flexibility index (Phi) is 3.80. The summed E-state index contributed by atoms with van der Waals surface area (Å²) in [6, 6.07) is 9.07. The number of carboxylic acid groups (broad SMARTS) is 1. The Morgan fingerprint density at radius 3 is 2.68 bits per heavy atom. The molecule has 19 heavy (non-hydrogen) atoms. The maximum atomic E-state index is 10.7. The Balaban J connectivity index is 2.06. The molecular formula is C15H15NO3. The lowest BCUT2D eigenvalue weighted by Gasteiger charge is -2.10. The fraction of sp³-hybridized carbons (Fsp3) is 0.200. The number of hydrogen-bond acceptors (Lipinski definition) is 3. The SMILES string of the molecule is Cc1cccc(OCc2ccc(C(=O)O)cn2)c1C. The second-order valence-electron chi connectivity index (χ2n) is 4.33. The van der Waals surface area contributed by atoms with E-state index in [0.717, 1.165) is 11.3 Å². The Bertz CT molecular complexity index is 591. The van der Waals surface area contributed by atoms with E-state index in [9.17, 15) is 4.79 Å². The number of hydrogen-bond donors (Lipinski definition) is 1. The number of carboxylic acids is 1. The van der Waals surface area contributed by atoms with Crippen LogP contribution in [0.1, 0.15) is 27.2 Å². The monoisotopic (exact) mass is 257 g/mol. The molecule has 0 saturated heterocycles. The molecule has 1 aromatic heterocycles. The highest BCUT2D eigenvalue weighted by molar-refractivity contribution is 5.87. The third-order valence-electron chi connectivity index (χ3n) is 3.00. The first-order valence-corrected chi connectivity index (χ1v) is 5.95. The second-order valence-corrected chi connectivity index (χ2v) is 4.33. The number of aryl methyl sites for hydroxylation is 1. The first kappa shape index (κ1) is 13.1. The molecule has 0 amide bonds. The van der Waals surface area contributed by atoms with E-state index in [2.05, 4.69) is 4.98 Å². The topological polar surface area (TPSA) is 59.4 Å². The van der Waals surface area contributed by atoms with Crippen molar-refractivity contribution in [3.05, 3.63) is 58.9 Å². The van der Waals surface area contributed by atoms with Crippen molar-refractivity contribution in [1.82, 2.24) is 4.98 Å². The van der Waals surface area contributed by atoms with Crippen LogP contribution in [0.25, 0.3) is 0 Å². The van der Waals surface area contributed by atoms with E-state index in [4.69, 9.17) is 9.84 Å². The Morgan fingerprint density at radius 1 is 1.26 bits per heavy atom. The summed E-state index contributed by atoms with van der Waals surface area (Å²) in [5.74, 6) is -0.154.